The highest BCUT2D eigenvalue weighted by atomic mass is 16.6. The van der Waals surface area contributed by atoms with E-state index in [1.165, 1.54) is 6.92 Å². The summed E-state index contributed by atoms with van der Waals surface area (Å²) in [6.07, 6.45) is -0.834. The molecule has 5 heteroatoms. The van der Waals surface area contributed by atoms with Crippen LogP contribution >= 0.6 is 0 Å². The molecule has 0 saturated carbocycles. The van der Waals surface area contributed by atoms with Gasteiger partial charge in [0, 0.05) is 12.8 Å². The van der Waals surface area contributed by atoms with Gasteiger partial charge in [0.2, 0.25) is 6.10 Å². The number of hydrogen-bond acceptors (Lipinski definition) is 5. The van der Waals surface area contributed by atoms with Gasteiger partial charge in [0.25, 0.3) is 0 Å². The maximum atomic E-state index is 11.0. The fraction of sp³-hybridized carbons (Fsp3) is 0.625. The van der Waals surface area contributed by atoms with Crippen LogP contribution in [-0.2, 0) is 23.9 Å². The van der Waals surface area contributed by atoms with Crippen LogP contribution in [0.2, 0.25) is 0 Å². The van der Waals surface area contributed by atoms with Gasteiger partial charge in [-0.1, -0.05) is 6.92 Å². The Balaban J connectivity index is 2.67. The summed E-state index contributed by atoms with van der Waals surface area (Å²) in [4.78, 5) is 32.3. The van der Waals surface area contributed by atoms with Crippen molar-refractivity contribution in [2.45, 2.75) is 26.4 Å². The summed E-state index contributed by atoms with van der Waals surface area (Å²) < 4.78 is 9.01. The van der Waals surface area contributed by atoms with Crippen molar-refractivity contribution < 1.29 is 23.9 Å². The van der Waals surface area contributed by atoms with E-state index < -0.39 is 24.0 Å². The summed E-state index contributed by atoms with van der Waals surface area (Å²) in [6.45, 7) is 2.86. The third-order valence-electron chi connectivity index (χ3n) is 1.75. The molecule has 0 N–H and O–H groups in total. The average Bonchev–Trinajstić information content (AvgIpc) is 1.96. The molecule has 72 valence electrons. The van der Waals surface area contributed by atoms with Gasteiger partial charge in [-0.05, 0) is 0 Å². The topological polar surface area (TPSA) is 69.7 Å². The van der Waals surface area contributed by atoms with Crippen LogP contribution in [0.3, 0.4) is 0 Å². The lowest BCUT2D eigenvalue weighted by Gasteiger charge is -2.24. The molecule has 0 radical (unpaired) electrons. The van der Waals surface area contributed by atoms with Gasteiger partial charge in [0.05, 0.1) is 6.42 Å². The summed E-state index contributed by atoms with van der Waals surface area (Å²) in [5.74, 6) is -2.21. The van der Waals surface area contributed by atoms with E-state index in [1.54, 1.807) is 6.92 Å². The van der Waals surface area contributed by atoms with Gasteiger partial charge in [-0.15, -0.1) is 0 Å². The molecule has 2 atom stereocenters. The number of esters is 3. The minimum atomic E-state index is -0.935. The number of ether oxygens (including phenoxy) is 2. The molecule has 0 aliphatic carbocycles. The molecule has 2 unspecified atom stereocenters. The fourth-order valence-corrected chi connectivity index (χ4v) is 1.16. The van der Waals surface area contributed by atoms with E-state index in [1.807, 2.05) is 0 Å². The van der Waals surface area contributed by atoms with E-state index in [0.29, 0.717) is 0 Å². The standard InChI is InChI=1S/C8H10O5/c1-4-3-6(10)13-8(11)7(4)12-5(2)9/h4,7H,3H2,1-2H3. The highest BCUT2D eigenvalue weighted by molar-refractivity contribution is 5.92. The number of carbonyl (C=O) groups excluding carboxylic acids is 3. The van der Waals surface area contributed by atoms with Gasteiger partial charge in [0.15, 0.2) is 0 Å². The van der Waals surface area contributed by atoms with Crippen molar-refractivity contribution in [3.8, 4) is 0 Å². The summed E-state index contributed by atoms with van der Waals surface area (Å²) >= 11 is 0. The third kappa shape index (κ3) is 2.27. The summed E-state index contributed by atoms with van der Waals surface area (Å²) in [7, 11) is 0. The first-order valence-electron chi connectivity index (χ1n) is 3.92. The van der Waals surface area contributed by atoms with E-state index in [-0.39, 0.29) is 12.3 Å². The molecule has 1 aliphatic rings. The molecule has 1 rings (SSSR count). The second-order valence-electron chi connectivity index (χ2n) is 3.00. The molecule has 5 nitrogen and oxygen atoms in total. The molecule has 0 spiro atoms. The zero-order chi connectivity index (χ0) is 10.0. The van der Waals surface area contributed by atoms with E-state index >= 15 is 0 Å². The normalized spacial score (nSPS) is 28.2. The SMILES string of the molecule is CC(=O)OC1C(=O)OC(=O)CC1C. The van der Waals surface area contributed by atoms with Crippen LogP contribution in [0.4, 0.5) is 0 Å². The van der Waals surface area contributed by atoms with Crippen LogP contribution in [0.25, 0.3) is 0 Å². The number of rotatable bonds is 1. The van der Waals surface area contributed by atoms with E-state index in [0.717, 1.165) is 0 Å². The maximum absolute atomic E-state index is 11.0. The first-order valence-corrected chi connectivity index (χ1v) is 3.92. The van der Waals surface area contributed by atoms with Crippen molar-refractivity contribution in [3.63, 3.8) is 0 Å². The van der Waals surface area contributed by atoms with Crippen LogP contribution in [0, 0.1) is 5.92 Å². The molecule has 1 fully saturated rings. The van der Waals surface area contributed by atoms with Crippen molar-refractivity contribution in [1.82, 2.24) is 0 Å². The Hall–Kier alpha value is -1.39. The minimum absolute atomic E-state index is 0.101. The van der Waals surface area contributed by atoms with Crippen LogP contribution < -0.4 is 0 Å². The second-order valence-corrected chi connectivity index (χ2v) is 3.00. The third-order valence-corrected chi connectivity index (χ3v) is 1.75. The van der Waals surface area contributed by atoms with Gasteiger partial charge in [-0.3, -0.25) is 9.59 Å². The monoisotopic (exact) mass is 186 g/mol. The van der Waals surface area contributed by atoms with Crippen molar-refractivity contribution in [2.75, 3.05) is 0 Å². The average molecular weight is 186 g/mol. The van der Waals surface area contributed by atoms with E-state index in [9.17, 15) is 14.4 Å². The van der Waals surface area contributed by atoms with Crippen molar-refractivity contribution in [2.24, 2.45) is 5.92 Å². The fourth-order valence-electron chi connectivity index (χ4n) is 1.16. The summed E-state index contributed by atoms with van der Waals surface area (Å²) in [5.41, 5.74) is 0. The van der Waals surface area contributed by atoms with Crippen molar-refractivity contribution in [3.05, 3.63) is 0 Å². The van der Waals surface area contributed by atoms with Gasteiger partial charge in [0.1, 0.15) is 0 Å². The summed E-state index contributed by atoms with van der Waals surface area (Å²) in [5, 5.41) is 0. The first-order chi connectivity index (χ1) is 6.00. The smallest absolute Gasteiger partial charge is 0.355 e. The molecule has 0 amide bonds. The largest absolute Gasteiger partial charge is 0.450 e. The van der Waals surface area contributed by atoms with Crippen LogP contribution in [-0.4, -0.2) is 24.0 Å². The zero-order valence-electron chi connectivity index (χ0n) is 7.40. The molecule has 1 heterocycles. The van der Waals surface area contributed by atoms with Crippen molar-refractivity contribution >= 4 is 17.9 Å². The predicted molar refractivity (Wildman–Crippen MR) is 40.4 cm³/mol. The Morgan fingerprint density at radius 2 is 2.15 bits per heavy atom. The number of cyclic esters (lactones) is 2. The Labute approximate surface area is 75.0 Å². The zero-order valence-corrected chi connectivity index (χ0v) is 7.40. The molecule has 0 aromatic rings. The molecular weight excluding hydrogens is 176 g/mol. The quantitative estimate of drug-likeness (QED) is 0.426. The molecular formula is C8H10O5. The molecule has 0 bridgehead atoms. The van der Waals surface area contributed by atoms with Gasteiger partial charge in [-0.2, -0.15) is 0 Å². The summed E-state index contributed by atoms with van der Waals surface area (Å²) in [6, 6.07) is 0. The van der Waals surface area contributed by atoms with Crippen molar-refractivity contribution in [1.29, 1.82) is 0 Å². The highest BCUT2D eigenvalue weighted by Crippen LogP contribution is 2.19. The minimum Gasteiger partial charge on any atom is -0.450 e. The highest BCUT2D eigenvalue weighted by Gasteiger charge is 2.37. The molecule has 13 heavy (non-hydrogen) atoms. The van der Waals surface area contributed by atoms with Crippen LogP contribution in [0.15, 0.2) is 0 Å². The maximum Gasteiger partial charge on any atom is 0.355 e. The molecule has 0 aromatic heterocycles. The molecule has 1 saturated heterocycles. The first kappa shape index (κ1) is 9.70. The van der Waals surface area contributed by atoms with E-state index in [4.69, 9.17) is 4.74 Å². The molecule has 1 aliphatic heterocycles. The van der Waals surface area contributed by atoms with E-state index in [2.05, 4.69) is 4.74 Å². The lowest BCUT2D eigenvalue weighted by molar-refractivity contribution is -0.183. The Morgan fingerprint density at radius 3 is 2.62 bits per heavy atom. The Morgan fingerprint density at radius 1 is 1.54 bits per heavy atom. The predicted octanol–water partition coefficient (Wildman–Crippen LogP) is 0.0277. The Kier molecular flexibility index (Phi) is 2.65. The molecule has 0 aromatic carbocycles. The lowest BCUT2D eigenvalue weighted by atomic mass is 9.99. The van der Waals surface area contributed by atoms with Gasteiger partial charge in [-0.25, -0.2) is 4.79 Å². The van der Waals surface area contributed by atoms with Crippen LogP contribution in [0.1, 0.15) is 20.3 Å². The number of hydrogen-bond donors (Lipinski definition) is 0. The van der Waals surface area contributed by atoms with Crippen LogP contribution in [0.5, 0.6) is 0 Å². The van der Waals surface area contributed by atoms with Gasteiger partial charge < -0.3 is 9.47 Å². The number of carbonyl (C=O) groups is 3. The van der Waals surface area contributed by atoms with Gasteiger partial charge >= 0.3 is 17.9 Å². The Bertz CT molecular complexity index is 257. The lowest BCUT2D eigenvalue weighted by Crippen LogP contribution is -2.41. The second kappa shape index (κ2) is 3.55.